The van der Waals surface area contributed by atoms with Gasteiger partial charge in [0.15, 0.2) is 0 Å². The van der Waals surface area contributed by atoms with Gasteiger partial charge in [-0.05, 0) is 30.0 Å². The number of rotatable bonds is 7. The van der Waals surface area contributed by atoms with Crippen LogP contribution in [0.15, 0.2) is 60.7 Å². The summed E-state index contributed by atoms with van der Waals surface area (Å²) >= 11 is 0. The van der Waals surface area contributed by atoms with Crippen LogP contribution in [0.4, 0.5) is 0 Å². The summed E-state index contributed by atoms with van der Waals surface area (Å²) in [6.07, 6.45) is 3.46. The maximum absolute atomic E-state index is 13.1. The first-order valence-electron chi connectivity index (χ1n) is 9.84. The molecular weight excluding hydrogens is 322 g/mol. The van der Waals surface area contributed by atoms with Gasteiger partial charge in [-0.15, -0.1) is 0 Å². The lowest BCUT2D eigenvalue weighted by Gasteiger charge is -2.51. The van der Waals surface area contributed by atoms with Crippen molar-refractivity contribution in [1.82, 2.24) is 0 Å². The number of hydrogen-bond acceptors (Lipinski definition) is 2. The maximum Gasteiger partial charge on any atom is 0.124 e. The van der Waals surface area contributed by atoms with Crippen molar-refractivity contribution in [3.63, 3.8) is 0 Å². The summed E-state index contributed by atoms with van der Waals surface area (Å²) in [6, 6.07) is 20.5. The lowest BCUT2D eigenvalue weighted by molar-refractivity contribution is -0.888. The lowest BCUT2D eigenvalue weighted by Crippen LogP contribution is -2.57. The van der Waals surface area contributed by atoms with Gasteiger partial charge in [-0.1, -0.05) is 62.4 Å². The minimum absolute atomic E-state index is 0.0626. The van der Waals surface area contributed by atoms with Crippen molar-refractivity contribution in [3.8, 4) is 5.75 Å². The maximum atomic E-state index is 13.1. The van der Waals surface area contributed by atoms with Crippen molar-refractivity contribution in [1.29, 1.82) is 0 Å². The van der Waals surface area contributed by atoms with Crippen LogP contribution in [0.25, 0.3) is 0 Å². The molecule has 1 aliphatic rings. The lowest BCUT2D eigenvalue weighted by atomic mass is 9.84. The smallest absolute Gasteiger partial charge is 0.124 e. The third kappa shape index (κ3) is 5.09. The molecule has 0 spiro atoms. The van der Waals surface area contributed by atoms with Gasteiger partial charge < -0.3 is 14.6 Å². The Kier molecular flexibility index (Phi) is 6.00. The average molecular weight is 354 g/mol. The molecule has 140 valence electrons. The predicted octanol–water partition coefficient (Wildman–Crippen LogP) is 5.20. The van der Waals surface area contributed by atoms with Crippen molar-refractivity contribution in [2.45, 2.75) is 45.1 Å². The van der Waals surface area contributed by atoms with Crippen molar-refractivity contribution < 1.29 is 9.38 Å². The Balaban J connectivity index is 1.74. The summed E-state index contributed by atoms with van der Waals surface area (Å²) in [7, 11) is 0. The topological polar surface area (TPSA) is 32.3 Å². The molecule has 3 rings (SSSR count). The van der Waals surface area contributed by atoms with Crippen LogP contribution in [0.2, 0.25) is 0 Å². The number of piperidine rings is 1. The van der Waals surface area contributed by atoms with Crippen LogP contribution in [-0.2, 0) is 6.42 Å². The number of hydroxylamine groups is 3. The molecule has 0 saturated carbocycles. The molecule has 0 unspecified atom stereocenters. The van der Waals surface area contributed by atoms with E-state index in [1.807, 2.05) is 36.4 Å². The number of para-hydroxylation sites is 1. The number of likely N-dealkylation sites (tertiary alicyclic amines) is 1. The summed E-state index contributed by atoms with van der Waals surface area (Å²) < 4.78 is 6.45. The Morgan fingerprint density at radius 2 is 1.54 bits per heavy atom. The van der Waals surface area contributed by atoms with Gasteiger partial charge in [0, 0.05) is 19.3 Å². The first-order valence-corrected chi connectivity index (χ1v) is 9.84. The van der Waals surface area contributed by atoms with Crippen LogP contribution in [0, 0.1) is 11.1 Å². The van der Waals surface area contributed by atoms with E-state index in [1.54, 1.807) is 0 Å². The van der Waals surface area contributed by atoms with Gasteiger partial charge in [0.05, 0.1) is 19.6 Å². The van der Waals surface area contributed by atoms with E-state index in [0.717, 1.165) is 38.0 Å². The molecule has 3 heteroatoms. The van der Waals surface area contributed by atoms with Gasteiger partial charge in [-0.25, -0.2) is 0 Å². The fourth-order valence-corrected chi connectivity index (χ4v) is 3.79. The summed E-state index contributed by atoms with van der Waals surface area (Å²) in [5.74, 6) is 1.48. The molecule has 0 N–H and O–H groups in total. The molecule has 0 radical (unpaired) electrons. The minimum atomic E-state index is -0.285. The Morgan fingerprint density at radius 1 is 0.962 bits per heavy atom. The van der Waals surface area contributed by atoms with Crippen LogP contribution >= 0.6 is 0 Å². The zero-order valence-electron chi connectivity index (χ0n) is 16.1. The van der Waals surface area contributed by atoms with Crippen molar-refractivity contribution in [2.24, 2.45) is 5.92 Å². The second-order valence-corrected chi connectivity index (χ2v) is 8.17. The zero-order valence-corrected chi connectivity index (χ0v) is 16.1. The summed E-state index contributed by atoms with van der Waals surface area (Å²) in [6.45, 7) is 6.39. The molecule has 1 aliphatic heterocycles. The average Bonchev–Trinajstić information content (AvgIpc) is 2.65. The van der Waals surface area contributed by atoms with E-state index in [2.05, 4.69) is 38.1 Å². The Labute approximate surface area is 157 Å². The third-order valence-electron chi connectivity index (χ3n) is 5.51. The highest BCUT2D eigenvalue weighted by Gasteiger charge is 2.41. The monoisotopic (exact) mass is 353 g/mol. The Morgan fingerprint density at radius 3 is 2.12 bits per heavy atom. The zero-order chi connectivity index (χ0) is 18.5. The molecule has 3 nitrogen and oxygen atoms in total. The van der Waals surface area contributed by atoms with Crippen molar-refractivity contribution >= 4 is 0 Å². The third-order valence-corrected chi connectivity index (χ3v) is 5.51. The first-order chi connectivity index (χ1) is 12.5. The van der Waals surface area contributed by atoms with Gasteiger partial charge in [0.1, 0.15) is 11.4 Å². The first kappa shape index (κ1) is 18.9. The van der Waals surface area contributed by atoms with E-state index < -0.39 is 0 Å². The van der Waals surface area contributed by atoms with Gasteiger partial charge in [-0.3, -0.25) is 0 Å². The fraction of sp³-hybridized carbons (Fsp3) is 0.478. The van der Waals surface area contributed by atoms with Gasteiger partial charge in [0.25, 0.3) is 0 Å². The van der Waals surface area contributed by atoms with Crippen LogP contribution in [0.1, 0.15) is 38.7 Å². The van der Waals surface area contributed by atoms with E-state index >= 15 is 0 Å². The number of benzene rings is 2. The number of hydrogen-bond donors (Lipinski definition) is 0. The van der Waals surface area contributed by atoms with Gasteiger partial charge >= 0.3 is 0 Å². The van der Waals surface area contributed by atoms with E-state index in [4.69, 9.17) is 4.74 Å². The van der Waals surface area contributed by atoms with Crippen LogP contribution in [0.3, 0.4) is 0 Å². The number of quaternary nitrogens is 1. The Bertz CT molecular complexity index is 618. The van der Waals surface area contributed by atoms with E-state index in [9.17, 15) is 5.21 Å². The molecule has 0 atom stereocenters. The largest absolute Gasteiger partial charge is 0.633 e. The van der Waals surface area contributed by atoms with Gasteiger partial charge in [0.2, 0.25) is 0 Å². The Hall–Kier alpha value is -1.84. The summed E-state index contributed by atoms with van der Waals surface area (Å²) in [5, 5.41) is 13.1. The second kappa shape index (κ2) is 8.24. The molecule has 0 bridgehead atoms. The van der Waals surface area contributed by atoms with E-state index in [0.29, 0.717) is 19.0 Å². The second-order valence-electron chi connectivity index (χ2n) is 8.17. The normalized spacial score (nSPS) is 26.0. The molecule has 0 aliphatic carbocycles. The minimum Gasteiger partial charge on any atom is -0.633 e. The highest BCUT2D eigenvalue weighted by Crippen LogP contribution is 2.35. The molecular formula is C23H31NO2. The van der Waals surface area contributed by atoms with Gasteiger partial charge in [-0.2, -0.15) is 0 Å². The molecule has 1 heterocycles. The highest BCUT2D eigenvalue weighted by molar-refractivity contribution is 5.24. The molecule has 2 aromatic carbocycles. The predicted molar refractivity (Wildman–Crippen MR) is 107 cm³/mol. The van der Waals surface area contributed by atoms with Crippen LogP contribution in [-0.4, -0.2) is 29.9 Å². The van der Waals surface area contributed by atoms with E-state index in [1.165, 1.54) is 5.56 Å². The number of ether oxygens (including phenoxy) is 1. The fourth-order valence-electron chi connectivity index (χ4n) is 3.79. The standard InChI is InChI=1S/C23H31NO2/c1-20(2)13-16-24(25)17-14-23(15-18-24,19-21-9-5-3-6-10-21)26-22-11-7-4-8-12-22/h3-12,20H,13-19H2,1-2H3. The molecule has 26 heavy (non-hydrogen) atoms. The van der Waals surface area contributed by atoms with Crippen molar-refractivity contribution in [3.05, 3.63) is 71.4 Å². The highest BCUT2D eigenvalue weighted by atomic mass is 16.5. The SMILES string of the molecule is CC(C)CC[N+]1([O-])CCC(Cc2ccccc2)(Oc2ccccc2)CC1. The van der Waals surface area contributed by atoms with Crippen LogP contribution < -0.4 is 4.74 Å². The van der Waals surface area contributed by atoms with Crippen LogP contribution in [0.5, 0.6) is 5.75 Å². The summed E-state index contributed by atoms with van der Waals surface area (Å²) in [4.78, 5) is 0. The molecule has 0 amide bonds. The summed E-state index contributed by atoms with van der Waals surface area (Å²) in [5.41, 5.74) is 0.990. The molecule has 1 fully saturated rings. The molecule has 2 aromatic rings. The van der Waals surface area contributed by atoms with E-state index in [-0.39, 0.29) is 10.2 Å². The molecule has 1 saturated heterocycles. The number of nitrogens with zero attached hydrogens (tertiary/aromatic N) is 1. The quantitative estimate of drug-likeness (QED) is 0.506. The van der Waals surface area contributed by atoms with Crippen molar-refractivity contribution in [2.75, 3.05) is 19.6 Å². The molecule has 0 aromatic heterocycles.